The van der Waals surface area contributed by atoms with E-state index in [2.05, 4.69) is 5.32 Å². The number of carboxylic acid groups (broad SMARTS) is 1. The minimum Gasteiger partial charge on any atom is -0.481 e. The Bertz CT molecular complexity index is 409. The van der Waals surface area contributed by atoms with Crippen LogP contribution in [0.15, 0.2) is 18.2 Å². The Hall–Kier alpha value is -1.49. The smallest absolute Gasteiger partial charge is 0.306 e. The summed E-state index contributed by atoms with van der Waals surface area (Å²) in [5, 5.41) is 11.7. The Labute approximate surface area is 98.5 Å². The average molecular weight is 243 g/mol. The van der Waals surface area contributed by atoms with Crippen molar-refractivity contribution < 1.29 is 18.7 Å². The average Bonchev–Trinajstić information content (AvgIpc) is 2.29. The van der Waals surface area contributed by atoms with Crippen molar-refractivity contribution in [1.29, 1.82) is 0 Å². The number of hydrogen-bond acceptors (Lipinski definition) is 2. The van der Waals surface area contributed by atoms with Crippen LogP contribution < -0.4 is 5.32 Å². The van der Waals surface area contributed by atoms with Gasteiger partial charge in [0.1, 0.15) is 0 Å². The van der Waals surface area contributed by atoms with Gasteiger partial charge in [0.05, 0.1) is 5.92 Å². The van der Waals surface area contributed by atoms with Crippen molar-refractivity contribution in [2.45, 2.75) is 19.4 Å². The van der Waals surface area contributed by atoms with E-state index in [0.717, 1.165) is 12.1 Å². The number of rotatable bonds is 5. The summed E-state index contributed by atoms with van der Waals surface area (Å²) in [5.74, 6) is -3.30. The summed E-state index contributed by atoms with van der Waals surface area (Å²) >= 11 is 0. The number of aliphatic carboxylic acids is 1. The number of carboxylic acids is 1. The Morgan fingerprint density at radius 1 is 1.41 bits per heavy atom. The molecule has 0 aliphatic rings. The first-order valence-electron chi connectivity index (χ1n) is 5.30. The van der Waals surface area contributed by atoms with Gasteiger partial charge in [0.25, 0.3) is 0 Å². The number of carbonyl (C=O) groups is 1. The highest BCUT2D eigenvalue weighted by Gasteiger charge is 2.19. The van der Waals surface area contributed by atoms with Crippen molar-refractivity contribution in [2.24, 2.45) is 5.92 Å². The maximum absolute atomic E-state index is 13.1. The maximum Gasteiger partial charge on any atom is 0.306 e. The third-order valence-electron chi connectivity index (χ3n) is 2.71. The molecular weight excluding hydrogens is 228 g/mol. The minimum atomic E-state index is -0.925. The Balaban J connectivity index is 2.86. The topological polar surface area (TPSA) is 49.3 Å². The molecule has 0 saturated heterocycles. The van der Waals surface area contributed by atoms with Crippen molar-refractivity contribution in [3.8, 4) is 0 Å². The standard InChI is InChI=1S/C12H15F2NO2/c1-7(12(16)17)5-11(15-2)8-3-4-9(13)10(14)6-8/h3-4,6-7,11,15H,5H2,1-2H3,(H,16,17). The Morgan fingerprint density at radius 2 is 2.06 bits per heavy atom. The van der Waals surface area contributed by atoms with Gasteiger partial charge < -0.3 is 10.4 Å². The van der Waals surface area contributed by atoms with Crippen LogP contribution in [0.3, 0.4) is 0 Å². The predicted molar refractivity (Wildman–Crippen MR) is 59.6 cm³/mol. The molecule has 94 valence electrons. The van der Waals surface area contributed by atoms with E-state index >= 15 is 0 Å². The van der Waals surface area contributed by atoms with E-state index in [-0.39, 0.29) is 6.04 Å². The van der Waals surface area contributed by atoms with Gasteiger partial charge in [-0.2, -0.15) is 0 Å². The van der Waals surface area contributed by atoms with E-state index in [1.807, 2.05) is 0 Å². The second-order valence-corrected chi connectivity index (χ2v) is 3.99. The second-order valence-electron chi connectivity index (χ2n) is 3.99. The molecule has 0 radical (unpaired) electrons. The lowest BCUT2D eigenvalue weighted by atomic mass is 9.96. The van der Waals surface area contributed by atoms with Crippen molar-refractivity contribution >= 4 is 5.97 Å². The van der Waals surface area contributed by atoms with Crippen LogP contribution in [0, 0.1) is 17.6 Å². The molecule has 3 nitrogen and oxygen atoms in total. The molecule has 0 aliphatic heterocycles. The molecule has 0 fully saturated rings. The van der Waals surface area contributed by atoms with Gasteiger partial charge in [-0.25, -0.2) is 8.78 Å². The summed E-state index contributed by atoms with van der Waals surface area (Å²) in [4.78, 5) is 10.7. The van der Waals surface area contributed by atoms with Crippen LogP contribution in [0.1, 0.15) is 24.9 Å². The zero-order valence-electron chi connectivity index (χ0n) is 9.71. The first-order valence-corrected chi connectivity index (χ1v) is 5.30. The highest BCUT2D eigenvalue weighted by atomic mass is 19.2. The van der Waals surface area contributed by atoms with Crippen LogP contribution in [-0.2, 0) is 4.79 Å². The van der Waals surface area contributed by atoms with Crippen molar-refractivity contribution in [3.05, 3.63) is 35.4 Å². The molecule has 0 aliphatic carbocycles. The number of hydrogen-bond donors (Lipinski definition) is 2. The van der Waals surface area contributed by atoms with E-state index < -0.39 is 23.5 Å². The molecule has 2 unspecified atom stereocenters. The normalized spacial score (nSPS) is 14.4. The van der Waals surface area contributed by atoms with Crippen LogP contribution in [0.25, 0.3) is 0 Å². The minimum absolute atomic E-state index is 0.309. The van der Waals surface area contributed by atoms with Crippen LogP contribution in [0.5, 0.6) is 0 Å². The van der Waals surface area contributed by atoms with Gasteiger partial charge in [0, 0.05) is 6.04 Å². The van der Waals surface area contributed by atoms with Gasteiger partial charge in [-0.05, 0) is 31.2 Å². The lowest BCUT2D eigenvalue weighted by molar-refractivity contribution is -0.141. The second kappa shape index (κ2) is 5.72. The lowest BCUT2D eigenvalue weighted by Crippen LogP contribution is -2.22. The molecule has 0 spiro atoms. The Morgan fingerprint density at radius 3 is 2.53 bits per heavy atom. The van der Waals surface area contributed by atoms with Gasteiger partial charge in [-0.1, -0.05) is 13.0 Å². The van der Waals surface area contributed by atoms with E-state index in [9.17, 15) is 13.6 Å². The highest BCUT2D eigenvalue weighted by Crippen LogP contribution is 2.22. The fraction of sp³-hybridized carbons (Fsp3) is 0.417. The van der Waals surface area contributed by atoms with E-state index in [1.165, 1.54) is 6.07 Å². The van der Waals surface area contributed by atoms with Crippen LogP contribution in [0.2, 0.25) is 0 Å². The van der Waals surface area contributed by atoms with Crippen molar-refractivity contribution in [2.75, 3.05) is 7.05 Å². The maximum atomic E-state index is 13.1. The molecular formula is C12H15F2NO2. The van der Waals surface area contributed by atoms with E-state index in [1.54, 1.807) is 14.0 Å². The molecule has 5 heteroatoms. The molecule has 0 aromatic heterocycles. The molecule has 2 N–H and O–H groups in total. The fourth-order valence-corrected chi connectivity index (χ4v) is 1.60. The summed E-state index contributed by atoms with van der Waals surface area (Å²) in [6.07, 6.45) is 0.316. The molecule has 1 rings (SSSR count). The molecule has 0 heterocycles. The SMILES string of the molecule is CNC(CC(C)C(=O)O)c1ccc(F)c(F)c1. The summed E-state index contributed by atoms with van der Waals surface area (Å²) < 4.78 is 25.8. The van der Waals surface area contributed by atoms with Crippen LogP contribution in [-0.4, -0.2) is 18.1 Å². The monoisotopic (exact) mass is 243 g/mol. The lowest BCUT2D eigenvalue weighted by Gasteiger charge is -2.19. The molecule has 1 aromatic carbocycles. The summed E-state index contributed by atoms with van der Waals surface area (Å²) in [7, 11) is 1.65. The van der Waals surface area contributed by atoms with Gasteiger partial charge in [0.15, 0.2) is 11.6 Å². The van der Waals surface area contributed by atoms with Crippen LogP contribution in [0.4, 0.5) is 8.78 Å². The predicted octanol–water partition coefficient (Wildman–Crippen LogP) is 2.34. The third-order valence-corrected chi connectivity index (χ3v) is 2.71. The van der Waals surface area contributed by atoms with Crippen molar-refractivity contribution in [1.82, 2.24) is 5.32 Å². The molecule has 0 saturated carbocycles. The van der Waals surface area contributed by atoms with Gasteiger partial charge in [0.2, 0.25) is 0 Å². The van der Waals surface area contributed by atoms with E-state index in [4.69, 9.17) is 5.11 Å². The number of nitrogens with one attached hydrogen (secondary N) is 1. The summed E-state index contributed by atoms with van der Waals surface area (Å²) in [6, 6.07) is 3.27. The number of halogens is 2. The largest absolute Gasteiger partial charge is 0.481 e. The molecule has 0 bridgehead atoms. The molecule has 0 amide bonds. The Kier molecular flexibility index (Phi) is 4.57. The third kappa shape index (κ3) is 3.49. The van der Waals surface area contributed by atoms with Crippen LogP contribution >= 0.6 is 0 Å². The zero-order chi connectivity index (χ0) is 13.0. The summed E-state index contributed by atoms with van der Waals surface area (Å²) in [6.45, 7) is 1.58. The fourth-order valence-electron chi connectivity index (χ4n) is 1.60. The molecule has 2 atom stereocenters. The van der Waals surface area contributed by atoms with E-state index in [0.29, 0.717) is 12.0 Å². The quantitative estimate of drug-likeness (QED) is 0.834. The van der Waals surface area contributed by atoms with Gasteiger partial charge >= 0.3 is 5.97 Å². The number of benzene rings is 1. The van der Waals surface area contributed by atoms with Gasteiger partial charge in [-0.3, -0.25) is 4.79 Å². The summed E-state index contributed by atoms with van der Waals surface area (Å²) in [5.41, 5.74) is 0.541. The molecule has 1 aromatic rings. The highest BCUT2D eigenvalue weighted by molar-refractivity contribution is 5.69. The van der Waals surface area contributed by atoms with Crippen molar-refractivity contribution in [3.63, 3.8) is 0 Å². The van der Waals surface area contributed by atoms with Gasteiger partial charge in [-0.15, -0.1) is 0 Å². The first kappa shape index (κ1) is 13.6. The first-order chi connectivity index (χ1) is 7.95. The zero-order valence-corrected chi connectivity index (χ0v) is 9.71. The molecule has 17 heavy (non-hydrogen) atoms.